The fraction of sp³-hybridized carbons (Fsp3) is 0.350. The number of amides is 1. The van der Waals surface area contributed by atoms with Gasteiger partial charge in [-0.1, -0.05) is 23.7 Å². The lowest BCUT2D eigenvalue weighted by atomic mass is 10.1. The molecule has 0 saturated heterocycles. The second kappa shape index (κ2) is 9.30. The fourth-order valence-corrected chi connectivity index (χ4v) is 4.13. The first-order valence-corrected chi connectivity index (χ1v) is 11.1. The molecule has 2 rings (SSSR count). The molecule has 0 aromatic heterocycles. The van der Waals surface area contributed by atoms with Crippen molar-refractivity contribution < 1.29 is 17.9 Å². The van der Waals surface area contributed by atoms with E-state index in [0.29, 0.717) is 17.3 Å². The number of carbonyl (C=O) groups excluding carboxylic acids is 1. The molecule has 0 aliphatic carbocycles. The summed E-state index contributed by atoms with van der Waals surface area (Å²) in [6.45, 7) is 5.88. The van der Waals surface area contributed by atoms with Gasteiger partial charge < -0.3 is 10.1 Å². The van der Waals surface area contributed by atoms with Crippen LogP contribution in [-0.4, -0.2) is 33.2 Å². The molecule has 0 unspecified atom stereocenters. The molecule has 0 radical (unpaired) electrons. The van der Waals surface area contributed by atoms with Crippen LogP contribution in [-0.2, 0) is 14.8 Å². The second-order valence-corrected chi connectivity index (χ2v) is 8.74. The van der Waals surface area contributed by atoms with Crippen LogP contribution >= 0.6 is 11.6 Å². The zero-order valence-corrected chi connectivity index (χ0v) is 17.9. The fourth-order valence-electron chi connectivity index (χ4n) is 2.83. The molecule has 0 bridgehead atoms. The smallest absolute Gasteiger partial charge is 0.244 e. The highest BCUT2D eigenvalue weighted by Gasteiger charge is 2.29. The lowest BCUT2D eigenvalue weighted by Gasteiger charge is -2.29. The van der Waals surface area contributed by atoms with Crippen LogP contribution in [0.25, 0.3) is 0 Å². The summed E-state index contributed by atoms with van der Waals surface area (Å²) in [6, 6.07) is 12.5. The molecular formula is C20H25ClN2O4S. The summed E-state index contributed by atoms with van der Waals surface area (Å²) in [7, 11) is -3.67. The molecule has 8 heteroatoms. The van der Waals surface area contributed by atoms with E-state index < -0.39 is 22.0 Å². The van der Waals surface area contributed by atoms with Crippen LogP contribution in [0.15, 0.2) is 48.5 Å². The maximum Gasteiger partial charge on any atom is 0.244 e. The summed E-state index contributed by atoms with van der Waals surface area (Å²) < 4.78 is 31.1. The largest absolute Gasteiger partial charge is 0.494 e. The van der Waals surface area contributed by atoms with Crippen LogP contribution < -0.4 is 14.4 Å². The van der Waals surface area contributed by atoms with Gasteiger partial charge in [-0.3, -0.25) is 9.10 Å². The molecule has 0 aliphatic rings. The molecule has 2 aromatic rings. The molecule has 28 heavy (non-hydrogen) atoms. The van der Waals surface area contributed by atoms with Crippen molar-refractivity contribution in [3.05, 3.63) is 59.1 Å². The minimum Gasteiger partial charge on any atom is -0.494 e. The number of halogens is 1. The van der Waals surface area contributed by atoms with Crippen LogP contribution in [0.2, 0.25) is 5.02 Å². The highest BCUT2D eigenvalue weighted by Crippen LogP contribution is 2.24. The standard InChI is InChI=1S/C20H25ClN2O4S/c1-5-27-19-12-6-16(7-13-19)14(2)22-20(24)15(3)23(28(4,25)26)18-10-8-17(21)9-11-18/h6-15H,5H2,1-4H3,(H,22,24)/t14-,15-/m1/s1. The number of rotatable bonds is 8. The number of nitrogens with one attached hydrogen (secondary N) is 1. The SMILES string of the molecule is CCOc1ccc([C@@H](C)NC(=O)[C@@H](C)N(c2ccc(Cl)cc2)S(C)(=O)=O)cc1. The van der Waals surface area contributed by atoms with E-state index in [-0.39, 0.29) is 6.04 Å². The molecule has 0 aliphatic heterocycles. The quantitative estimate of drug-likeness (QED) is 0.699. The molecule has 0 fully saturated rings. The van der Waals surface area contributed by atoms with E-state index in [1.54, 1.807) is 31.2 Å². The van der Waals surface area contributed by atoms with Gasteiger partial charge in [-0.25, -0.2) is 8.42 Å². The zero-order valence-electron chi connectivity index (χ0n) is 16.3. The third-order valence-corrected chi connectivity index (χ3v) is 5.71. The third-order valence-electron chi connectivity index (χ3n) is 4.22. The Balaban J connectivity index is 2.17. The molecule has 6 nitrogen and oxygen atoms in total. The number of anilines is 1. The topological polar surface area (TPSA) is 75.7 Å². The number of hydrogen-bond donors (Lipinski definition) is 1. The van der Waals surface area contributed by atoms with Crippen LogP contribution in [0.3, 0.4) is 0 Å². The van der Waals surface area contributed by atoms with Gasteiger partial charge in [0.2, 0.25) is 15.9 Å². The van der Waals surface area contributed by atoms with E-state index in [1.807, 2.05) is 38.1 Å². The zero-order chi connectivity index (χ0) is 20.9. The van der Waals surface area contributed by atoms with E-state index in [2.05, 4.69) is 5.32 Å². The second-order valence-electron chi connectivity index (χ2n) is 6.44. The summed E-state index contributed by atoms with van der Waals surface area (Å²) in [5, 5.41) is 3.35. The van der Waals surface area contributed by atoms with Crippen molar-refractivity contribution in [1.29, 1.82) is 0 Å². The molecule has 2 atom stereocenters. The van der Waals surface area contributed by atoms with Gasteiger partial charge in [0.15, 0.2) is 0 Å². The van der Waals surface area contributed by atoms with E-state index >= 15 is 0 Å². The molecule has 1 N–H and O–H groups in total. The Hall–Kier alpha value is -2.25. The molecule has 0 spiro atoms. The van der Waals surface area contributed by atoms with Gasteiger partial charge in [0, 0.05) is 5.02 Å². The van der Waals surface area contributed by atoms with Gasteiger partial charge >= 0.3 is 0 Å². The summed E-state index contributed by atoms with van der Waals surface area (Å²) in [5.41, 5.74) is 1.27. The minimum atomic E-state index is -3.67. The minimum absolute atomic E-state index is 0.294. The van der Waals surface area contributed by atoms with Crippen molar-refractivity contribution in [2.24, 2.45) is 0 Å². The first-order valence-electron chi connectivity index (χ1n) is 8.91. The number of benzene rings is 2. The first kappa shape index (κ1) is 22.0. The molecule has 0 heterocycles. The molecule has 152 valence electrons. The average molecular weight is 425 g/mol. The molecule has 1 amide bonds. The van der Waals surface area contributed by atoms with E-state index in [4.69, 9.17) is 16.3 Å². The van der Waals surface area contributed by atoms with E-state index in [9.17, 15) is 13.2 Å². The van der Waals surface area contributed by atoms with Gasteiger partial charge in [0.1, 0.15) is 11.8 Å². The predicted octanol–water partition coefficient (Wildman–Crippen LogP) is 3.77. The first-order chi connectivity index (χ1) is 13.1. The Labute approximate surface area is 171 Å². The normalized spacial score (nSPS) is 13.5. The summed E-state index contributed by atoms with van der Waals surface area (Å²) in [6.07, 6.45) is 1.07. The highest BCUT2D eigenvalue weighted by atomic mass is 35.5. The number of sulfonamides is 1. The Bertz CT molecular complexity index is 899. The van der Waals surface area contributed by atoms with Gasteiger partial charge in [-0.05, 0) is 62.7 Å². The van der Waals surface area contributed by atoms with Gasteiger partial charge in [-0.2, -0.15) is 0 Å². The van der Waals surface area contributed by atoms with Crippen LogP contribution in [0.5, 0.6) is 5.75 Å². The van der Waals surface area contributed by atoms with Crippen molar-refractivity contribution in [1.82, 2.24) is 5.32 Å². The summed E-state index contributed by atoms with van der Waals surface area (Å²) in [4.78, 5) is 12.8. The lowest BCUT2D eigenvalue weighted by molar-refractivity contribution is -0.122. The predicted molar refractivity (Wildman–Crippen MR) is 112 cm³/mol. The van der Waals surface area contributed by atoms with Gasteiger partial charge in [-0.15, -0.1) is 0 Å². The maximum absolute atomic E-state index is 12.8. The highest BCUT2D eigenvalue weighted by molar-refractivity contribution is 7.92. The van der Waals surface area contributed by atoms with Crippen LogP contribution in [0.4, 0.5) is 5.69 Å². The van der Waals surface area contributed by atoms with Crippen molar-refractivity contribution >= 4 is 33.2 Å². The van der Waals surface area contributed by atoms with Crippen molar-refractivity contribution in [2.45, 2.75) is 32.9 Å². The molecular weight excluding hydrogens is 400 g/mol. The average Bonchev–Trinajstić information content (AvgIpc) is 2.63. The Morgan fingerprint density at radius 2 is 1.68 bits per heavy atom. The maximum atomic E-state index is 12.8. The van der Waals surface area contributed by atoms with Gasteiger partial charge in [0.05, 0.1) is 24.6 Å². The molecule has 2 aromatic carbocycles. The third kappa shape index (κ3) is 5.62. The number of nitrogens with zero attached hydrogens (tertiary/aromatic N) is 1. The molecule has 0 saturated carbocycles. The number of carbonyl (C=O) groups is 1. The van der Waals surface area contributed by atoms with E-state index in [0.717, 1.165) is 21.9 Å². The number of hydrogen-bond acceptors (Lipinski definition) is 4. The van der Waals surface area contributed by atoms with Crippen LogP contribution in [0.1, 0.15) is 32.4 Å². The Kier molecular flexibility index (Phi) is 7.32. The Morgan fingerprint density at radius 1 is 1.11 bits per heavy atom. The van der Waals surface area contributed by atoms with Gasteiger partial charge in [0.25, 0.3) is 0 Å². The van der Waals surface area contributed by atoms with Crippen molar-refractivity contribution in [3.63, 3.8) is 0 Å². The Morgan fingerprint density at radius 3 is 2.18 bits per heavy atom. The van der Waals surface area contributed by atoms with Crippen molar-refractivity contribution in [2.75, 3.05) is 17.2 Å². The monoisotopic (exact) mass is 424 g/mol. The summed E-state index contributed by atoms with van der Waals surface area (Å²) in [5.74, 6) is 0.353. The van der Waals surface area contributed by atoms with E-state index in [1.165, 1.54) is 0 Å². The van der Waals surface area contributed by atoms with Crippen LogP contribution in [0, 0.1) is 0 Å². The number of ether oxygens (including phenoxy) is 1. The summed E-state index contributed by atoms with van der Waals surface area (Å²) >= 11 is 5.88. The van der Waals surface area contributed by atoms with Crippen molar-refractivity contribution in [3.8, 4) is 5.75 Å². The lowest BCUT2D eigenvalue weighted by Crippen LogP contribution is -2.48.